The van der Waals surface area contributed by atoms with Crippen LogP contribution < -0.4 is 5.32 Å². The van der Waals surface area contributed by atoms with E-state index >= 15 is 0 Å². The average Bonchev–Trinajstić information content (AvgIpc) is 2.22. The Balaban J connectivity index is 2.10. The molecule has 0 spiro atoms. The van der Waals surface area contributed by atoms with Gasteiger partial charge in [0.1, 0.15) is 11.9 Å². The van der Waals surface area contributed by atoms with E-state index in [0.29, 0.717) is 6.04 Å². The van der Waals surface area contributed by atoms with E-state index in [2.05, 4.69) is 11.4 Å². The fourth-order valence-electron chi connectivity index (χ4n) is 1.95. The topological polar surface area (TPSA) is 39.1 Å². The lowest BCUT2D eigenvalue weighted by atomic mass is 10.0. The molecule has 1 heterocycles. The molecule has 1 aliphatic heterocycles. The Kier molecular flexibility index (Phi) is 3.18. The Morgan fingerprint density at radius 3 is 2.88 bits per heavy atom. The highest BCUT2D eigenvalue weighted by Gasteiger charge is 2.32. The van der Waals surface area contributed by atoms with E-state index in [9.17, 15) is 4.39 Å². The van der Waals surface area contributed by atoms with E-state index in [4.69, 9.17) is 5.26 Å². The normalized spacial score (nSPS) is 18.8. The lowest BCUT2D eigenvalue weighted by Crippen LogP contribution is -2.57. The van der Waals surface area contributed by atoms with Gasteiger partial charge in [0, 0.05) is 19.1 Å². The molecule has 2 rings (SSSR count). The lowest BCUT2D eigenvalue weighted by molar-refractivity contribution is 0.104. The summed E-state index contributed by atoms with van der Waals surface area (Å²) >= 11 is 0. The predicted octanol–water partition coefficient (Wildman–Crippen LogP) is 1.29. The van der Waals surface area contributed by atoms with Gasteiger partial charge in [-0.25, -0.2) is 4.39 Å². The van der Waals surface area contributed by atoms with Crippen molar-refractivity contribution in [3.8, 4) is 6.07 Å². The molecule has 3 nitrogen and oxygen atoms in total. The van der Waals surface area contributed by atoms with Crippen molar-refractivity contribution in [3.63, 3.8) is 0 Å². The summed E-state index contributed by atoms with van der Waals surface area (Å²) in [6.07, 6.45) is 0. The van der Waals surface area contributed by atoms with E-state index < -0.39 is 0 Å². The van der Waals surface area contributed by atoms with Crippen molar-refractivity contribution in [1.82, 2.24) is 10.2 Å². The highest BCUT2D eigenvalue weighted by atomic mass is 19.1. The average molecular weight is 219 g/mol. The number of likely N-dealkylation sites (N-methyl/N-ethyl adjacent to an activating group) is 1. The first-order valence-corrected chi connectivity index (χ1v) is 5.31. The molecule has 4 heteroatoms. The molecule has 1 aromatic carbocycles. The highest BCUT2D eigenvalue weighted by Crippen LogP contribution is 2.25. The van der Waals surface area contributed by atoms with Gasteiger partial charge in [-0.15, -0.1) is 0 Å². The fraction of sp³-hybridized carbons (Fsp3) is 0.417. The van der Waals surface area contributed by atoms with Gasteiger partial charge in [0.05, 0.1) is 6.07 Å². The van der Waals surface area contributed by atoms with E-state index in [0.717, 1.165) is 18.7 Å². The number of nitrogens with zero attached hydrogens (tertiary/aromatic N) is 2. The van der Waals surface area contributed by atoms with Gasteiger partial charge >= 0.3 is 0 Å². The molecule has 0 aliphatic carbocycles. The summed E-state index contributed by atoms with van der Waals surface area (Å²) < 4.78 is 13.1. The third-order valence-electron chi connectivity index (χ3n) is 2.97. The van der Waals surface area contributed by atoms with Crippen LogP contribution in [0, 0.1) is 17.1 Å². The zero-order chi connectivity index (χ0) is 11.5. The predicted molar refractivity (Wildman–Crippen MR) is 59.2 cm³/mol. The Morgan fingerprint density at radius 1 is 1.56 bits per heavy atom. The van der Waals surface area contributed by atoms with Crippen molar-refractivity contribution in [2.75, 3.05) is 20.1 Å². The van der Waals surface area contributed by atoms with Gasteiger partial charge in [-0.05, 0) is 24.7 Å². The van der Waals surface area contributed by atoms with E-state index in [1.54, 1.807) is 12.1 Å². The summed E-state index contributed by atoms with van der Waals surface area (Å²) in [7, 11) is 1.91. The summed E-state index contributed by atoms with van der Waals surface area (Å²) in [5.41, 5.74) is 0.733. The van der Waals surface area contributed by atoms with Crippen LogP contribution in [0.4, 0.5) is 4.39 Å². The molecule has 1 aliphatic rings. The molecule has 1 aromatic rings. The molecular weight excluding hydrogens is 205 g/mol. The Bertz CT molecular complexity index is 407. The summed E-state index contributed by atoms with van der Waals surface area (Å²) in [4.78, 5) is 2.04. The minimum atomic E-state index is -0.333. The van der Waals surface area contributed by atoms with Crippen molar-refractivity contribution in [1.29, 1.82) is 5.26 Å². The molecule has 1 unspecified atom stereocenters. The number of likely N-dealkylation sites (tertiary alicyclic amines) is 1. The van der Waals surface area contributed by atoms with Crippen LogP contribution in [0.25, 0.3) is 0 Å². The summed E-state index contributed by atoms with van der Waals surface area (Å²) in [5.74, 6) is -0.288. The van der Waals surface area contributed by atoms with E-state index in [-0.39, 0.29) is 11.9 Å². The van der Waals surface area contributed by atoms with Crippen molar-refractivity contribution >= 4 is 0 Å². The molecular formula is C12H14FN3. The number of hydrogen-bond donors (Lipinski definition) is 1. The minimum Gasteiger partial charge on any atom is -0.315 e. The van der Waals surface area contributed by atoms with E-state index in [1.165, 1.54) is 12.1 Å². The number of benzene rings is 1. The second kappa shape index (κ2) is 4.60. The van der Waals surface area contributed by atoms with Crippen LogP contribution in [0.2, 0.25) is 0 Å². The molecule has 16 heavy (non-hydrogen) atoms. The number of nitriles is 1. The molecule has 0 amide bonds. The zero-order valence-electron chi connectivity index (χ0n) is 9.15. The first-order valence-electron chi connectivity index (χ1n) is 5.31. The molecule has 0 radical (unpaired) electrons. The number of hydrogen-bond acceptors (Lipinski definition) is 3. The van der Waals surface area contributed by atoms with Gasteiger partial charge in [-0.2, -0.15) is 5.26 Å². The third kappa shape index (κ3) is 2.06. The summed E-state index contributed by atoms with van der Waals surface area (Å²) in [6.45, 7) is 1.68. The minimum absolute atomic E-state index is 0.288. The van der Waals surface area contributed by atoms with Gasteiger partial charge in [-0.1, -0.05) is 12.1 Å². The first-order chi connectivity index (χ1) is 7.74. The smallest absolute Gasteiger partial charge is 0.124 e. The van der Waals surface area contributed by atoms with Crippen molar-refractivity contribution < 1.29 is 4.39 Å². The van der Waals surface area contributed by atoms with Crippen LogP contribution in [0.15, 0.2) is 24.3 Å². The number of nitrogens with one attached hydrogen (secondary N) is 1. The second-order valence-corrected chi connectivity index (χ2v) is 4.03. The molecule has 0 aromatic heterocycles. The van der Waals surface area contributed by atoms with Crippen molar-refractivity contribution in [3.05, 3.63) is 35.6 Å². The van der Waals surface area contributed by atoms with Gasteiger partial charge in [0.2, 0.25) is 0 Å². The third-order valence-corrected chi connectivity index (χ3v) is 2.97. The fourth-order valence-corrected chi connectivity index (χ4v) is 1.95. The lowest BCUT2D eigenvalue weighted by Gasteiger charge is -2.41. The monoisotopic (exact) mass is 219 g/mol. The SMILES string of the molecule is CNC1CN(C(C#N)c2cccc(F)c2)C1. The van der Waals surface area contributed by atoms with Crippen LogP contribution in [0.5, 0.6) is 0 Å². The van der Waals surface area contributed by atoms with Crippen LogP contribution in [-0.2, 0) is 0 Å². The molecule has 1 saturated heterocycles. The molecule has 0 saturated carbocycles. The largest absolute Gasteiger partial charge is 0.315 e. The molecule has 0 bridgehead atoms. The second-order valence-electron chi connectivity index (χ2n) is 4.03. The zero-order valence-corrected chi connectivity index (χ0v) is 9.15. The first kappa shape index (κ1) is 11.1. The maximum Gasteiger partial charge on any atom is 0.124 e. The molecule has 1 N–H and O–H groups in total. The quantitative estimate of drug-likeness (QED) is 0.832. The molecule has 1 fully saturated rings. The van der Waals surface area contributed by atoms with Crippen LogP contribution >= 0.6 is 0 Å². The van der Waals surface area contributed by atoms with Crippen LogP contribution in [0.3, 0.4) is 0 Å². The van der Waals surface area contributed by atoms with Crippen molar-refractivity contribution in [2.45, 2.75) is 12.1 Å². The molecule has 84 valence electrons. The summed E-state index contributed by atoms with van der Waals surface area (Å²) in [6, 6.07) is 8.60. The Hall–Kier alpha value is -1.44. The maximum atomic E-state index is 13.1. The van der Waals surface area contributed by atoms with Crippen molar-refractivity contribution in [2.24, 2.45) is 0 Å². The van der Waals surface area contributed by atoms with Crippen LogP contribution in [-0.4, -0.2) is 31.1 Å². The standard InChI is InChI=1S/C12H14FN3/c1-15-11-7-16(8-11)12(6-14)9-3-2-4-10(13)5-9/h2-5,11-12,15H,7-8H2,1H3. The van der Waals surface area contributed by atoms with Gasteiger partial charge in [0.25, 0.3) is 0 Å². The van der Waals surface area contributed by atoms with Gasteiger partial charge in [-0.3, -0.25) is 4.90 Å². The summed E-state index contributed by atoms with van der Waals surface area (Å²) in [5, 5.41) is 12.3. The Labute approximate surface area is 94.5 Å². The van der Waals surface area contributed by atoms with E-state index in [1.807, 2.05) is 11.9 Å². The molecule has 1 atom stereocenters. The van der Waals surface area contributed by atoms with Gasteiger partial charge in [0.15, 0.2) is 0 Å². The Morgan fingerprint density at radius 2 is 2.31 bits per heavy atom. The maximum absolute atomic E-state index is 13.1. The highest BCUT2D eigenvalue weighted by molar-refractivity contribution is 5.25. The van der Waals surface area contributed by atoms with Crippen LogP contribution in [0.1, 0.15) is 11.6 Å². The van der Waals surface area contributed by atoms with Gasteiger partial charge < -0.3 is 5.32 Å². The number of rotatable bonds is 3. The number of halogens is 1.